The number of para-hydroxylation sites is 1. The van der Waals surface area contributed by atoms with Gasteiger partial charge in [0.05, 0.1) is 12.6 Å². The van der Waals surface area contributed by atoms with Crippen LogP contribution in [-0.2, 0) is 4.79 Å². The van der Waals surface area contributed by atoms with Crippen LogP contribution in [0.4, 0.5) is 0 Å². The Morgan fingerprint density at radius 3 is 2.64 bits per heavy atom. The minimum Gasteiger partial charge on any atom is -0.494 e. The predicted molar refractivity (Wildman–Crippen MR) is 91.1 cm³/mol. The van der Waals surface area contributed by atoms with Gasteiger partial charge in [-0.05, 0) is 45.3 Å². The monoisotopic (exact) mass is 306 g/mol. The highest BCUT2D eigenvalue weighted by Crippen LogP contribution is 2.29. The van der Waals surface area contributed by atoms with Crippen molar-refractivity contribution in [2.24, 2.45) is 5.92 Å². The number of carbonyl (C=O) groups is 1. The van der Waals surface area contributed by atoms with E-state index < -0.39 is 0 Å². The number of hydrogen-bond donors (Lipinski definition) is 2. The fraction of sp³-hybridized carbons (Fsp3) is 0.611. The summed E-state index contributed by atoms with van der Waals surface area (Å²) in [5.74, 6) is 1.47. The van der Waals surface area contributed by atoms with Gasteiger partial charge in [-0.1, -0.05) is 32.0 Å². The molecule has 0 bridgehead atoms. The van der Waals surface area contributed by atoms with Crippen molar-refractivity contribution in [3.05, 3.63) is 29.8 Å². The first-order chi connectivity index (χ1) is 10.6. The molecule has 1 unspecified atom stereocenters. The van der Waals surface area contributed by atoms with E-state index in [2.05, 4.69) is 24.5 Å². The van der Waals surface area contributed by atoms with Gasteiger partial charge >= 0.3 is 0 Å². The quantitative estimate of drug-likeness (QED) is 0.652. The lowest BCUT2D eigenvalue weighted by atomic mass is 9.96. The molecule has 0 saturated carbocycles. The van der Waals surface area contributed by atoms with Crippen molar-refractivity contribution in [3.63, 3.8) is 0 Å². The van der Waals surface area contributed by atoms with E-state index in [4.69, 9.17) is 4.74 Å². The number of nitrogens with one attached hydrogen (secondary N) is 2. The molecule has 4 heteroatoms. The van der Waals surface area contributed by atoms with Crippen LogP contribution in [0.25, 0.3) is 0 Å². The summed E-state index contributed by atoms with van der Waals surface area (Å²) in [6.07, 6.45) is 2.30. The van der Waals surface area contributed by atoms with Gasteiger partial charge in [-0.2, -0.15) is 0 Å². The Hall–Kier alpha value is -1.55. The number of benzene rings is 1. The molecule has 0 aromatic heterocycles. The minimum atomic E-state index is 0.00448. The second-order valence-corrected chi connectivity index (χ2v) is 5.93. The lowest BCUT2D eigenvalue weighted by Gasteiger charge is -2.23. The number of carbonyl (C=O) groups excluding carboxylic acids is 1. The van der Waals surface area contributed by atoms with Crippen LogP contribution < -0.4 is 15.4 Å². The van der Waals surface area contributed by atoms with Crippen LogP contribution in [0.15, 0.2) is 24.3 Å². The molecule has 1 atom stereocenters. The van der Waals surface area contributed by atoms with E-state index in [1.54, 1.807) is 0 Å². The van der Waals surface area contributed by atoms with Crippen molar-refractivity contribution in [3.8, 4) is 5.75 Å². The molecule has 2 N–H and O–H groups in total. The van der Waals surface area contributed by atoms with Crippen molar-refractivity contribution in [2.45, 2.75) is 46.1 Å². The van der Waals surface area contributed by atoms with Gasteiger partial charge in [0.25, 0.3) is 0 Å². The third kappa shape index (κ3) is 6.48. The maximum Gasteiger partial charge on any atom is 0.220 e. The summed E-state index contributed by atoms with van der Waals surface area (Å²) in [5, 5.41) is 6.24. The van der Waals surface area contributed by atoms with Gasteiger partial charge in [-0.15, -0.1) is 0 Å². The molecule has 0 aliphatic carbocycles. The Morgan fingerprint density at radius 1 is 1.27 bits per heavy atom. The standard InChI is InChI=1S/C18H30N2O2/c1-5-22-17-10-7-6-9-15(17)16(13-14(2)3)20-18(21)11-8-12-19-4/h6-7,9-10,14,16,19H,5,8,11-13H2,1-4H3,(H,20,21). The van der Waals surface area contributed by atoms with E-state index in [-0.39, 0.29) is 11.9 Å². The van der Waals surface area contributed by atoms with E-state index in [1.807, 2.05) is 38.2 Å². The zero-order valence-electron chi connectivity index (χ0n) is 14.3. The average Bonchev–Trinajstić information content (AvgIpc) is 2.47. The number of amides is 1. The summed E-state index contributed by atoms with van der Waals surface area (Å²) in [5.41, 5.74) is 1.07. The average molecular weight is 306 g/mol. The Balaban J connectivity index is 2.81. The molecule has 1 rings (SSSR count). The summed E-state index contributed by atoms with van der Waals surface area (Å²) in [4.78, 5) is 12.2. The van der Waals surface area contributed by atoms with E-state index in [1.165, 1.54) is 0 Å². The molecular formula is C18H30N2O2. The van der Waals surface area contributed by atoms with Crippen LogP contribution in [0, 0.1) is 5.92 Å². The highest BCUT2D eigenvalue weighted by Gasteiger charge is 2.19. The van der Waals surface area contributed by atoms with E-state index in [0.29, 0.717) is 18.9 Å². The number of ether oxygens (including phenoxy) is 1. The van der Waals surface area contributed by atoms with Crippen LogP contribution in [0.2, 0.25) is 0 Å². The minimum absolute atomic E-state index is 0.00448. The first kappa shape index (κ1) is 18.5. The van der Waals surface area contributed by atoms with Crippen molar-refractivity contribution >= 4 is 5.91 Å². The van der Waals surface area contributed by atoms with Gasteiger partial charge < -0.3 is 15.4 Å². The summed E-state index contributed by atoms with van der Waals surface area (Å²) in [7, 11) is 1.90. The molecule has 0 heterocycles. The molecule has 0 saturated heterocycles. The SMILES string of the molecule is CCOc1ccccc1C(CC(C)C)NC(=O)CCCNC. The van der Waals surface area contributed by atoms with Crippen LogP contribution in [0.1, 0.15) is 51.6 Å². The highest BCUT2D eigenvalue weighted by atomic mass is 16.5. The lowest BCUT2D eigenvalue weighted by Crippen LogP contribution is -2.30. The zero-order chi connectivity index (χ0) is 16.4. The Labute approximate surface area is 134 Å². The first-order valence-electron chi connectivity index (χ1n) is 8.24. The molecule has 0 fully saturated rings. The molecule has 124 valence electrons. The van der Waals surface area contributed by atoms with Crippen molar-refractivity contribution in [2.75, 3.05) is 20.2 Å². The van der Waals surface area contributed by atoms with E-state index in [9.17, 15) is 4.79 Å². The van der Waals surface area contributed by atoms with Gasteiger partial charge in [0.2, 0.25) is 5.91 Å². The third-order valence-electron chi connectivity index (χ3n) is 3.47. The topological polar surface area (TPSA) is 50.4 Å². The molecule has 0 aliphatic rings. The van der Waals surface area contributed by atoms with Gasteiger partial charge in [0, 0.05) is 12.0 Å². The molecule has 1 amide bonds. The second kappa shape index (κ2) is 10.2. The Morgan fingerprint density at radius 2 is 2.00 bits per heavy atom. The Bertz CT molecular complexity index is 446. The molecule has 22 heavy (non-hydrogen) atoms. The van der Waals surface area contributed by atoms with E-state index >= 15 is 0 Å². The normalized spacial score (nSPS) is 12.2. The molecule has 0 radical (unpaired) electrons. The summed E-state index contributed by atoms with van der Waals surface area (Å²) >= 11 is 0. The smallest absolute Gasteiger partial charge is 0.220 e. The Kier molecular flexibility index (Phi) is 8.60. The lowest BCUT2D eigenvalue weighted by molar-refractivity contribution is -0.122. The van der Waals surface area contributed by atoms with Crippen LogP contribution in [-0.4, -0.2) is 26.1 Å². The van der Waals surface area contributed by atoms with Crippen LogP contribution in [0.5, 0.6) is 5.75 Å². The number of rotatable bonds is 10. The fourth-order valence-electron chi connectivity index (χ4n) is 2.48. The third-order valence-corrected chi connectivity index (χ3v) is 3.47. The molecule has 1 aromatic carbocycles. The molecular weight excluding hydrogens is 276 g/mol. The van der Waals surface area contributed by atoms with Crippen LogP contribution >= 0.6 is 0 Å². The number of hydrogen-bond acceptors (Lipinski definition) is 3. The molecule has 1 aromatic rings. The molecule has 4 nitrogen and oxygen atoms in total. The van der Waals surface area contributed by atoms with Crippen molar-refractivity contribution in [1.29, 1.82) is 0 Å². The van der Waals surface area contributed by atoms with Gasteiger partial charge in [0.1, 0.15) is 5.75 Å². The predicted octanol–water partition coefficient (Wildman–Crippen LogP) is 3.29. The highest BCUT2D eigenvalue weighted by molar-refractivity contribution is 5.76. The summed E-state index contributed by atoms with van der Waals surface area (Å²) in [6.45, 7) is 7.80. The van der Waals surface area contributed by atoms with Gasteiger partial charge in [0.15, 0.2) is 0 Å². The van der Waals surface area contributed by atoms with Crippen LogP contribution in [0.3, 0.4) is 0 Å². The first-order valence-corrected chi connectivity index (χ1v) is 8.24. The van der Waals surface area contributed by atoms with E-state index in [0.717, 1.165) is 30.7 Å². The second-order valence-electron chi connectivity index (χ2n) is 5.93. The molecule has 0 aliphatic heterocycles. The maximum absolute atomic E-state index is 12.2. The maximum atomic E-state index is 12.2. The zero-order valence-corrected chi connectivity index (χ0v) is 14.3. The van der Waals surface area contributed by atoms with Gasteiger partial charge in [-0.3, -0.25) is 4.79 Å². The largest absolute Gasteiger partial charge is 0.494 e. The van der Waals surface area contributed by atoms with Crippen molar-refractivity contribution in [1.82, 2.24) is 10.6 Å². The van der Waals surface area contributed by atoms with Crippen molar-refractivity contribution < 1.29 is 9.53 Å². The van der Waals surface area contributed by atoms with Gasteiger partial charge in [-0.25, -0.2) is 0 Å². The molecule has 0 spiro atoms. The summed E-state index contributed by atoms with van der Waals surface area (Å²) in [6, 6.07) is 7.99. The summed E-state index contributed by atoms with van der Waals surface area (Å²) < 4.78 is 5.72. The fourth-order valence-corrected chi connectivity index (χ4v) is 2.48.